The topological polar surface area (TPSA) is 76.3 Å². The molecule has 1 aromatic rings. The molecule has 0 radical (unpaired) electrons. The van der Waals surface area contributed by atoms with E-state index in [1.54, 1.807) is 18.0 Å². The van der Waals surface area contributed by atoms with Crippen molar-refractivity contribution in [1.29, 1.82) is 0 Å². The quantitative estimate of drug-likeness (QED) is 0.870. The molecule has 0 fully saturated rings. The number of nitrogens with two attached hydrogens (primary N) is 1. The smallest absolute Gasteiger partial charge is 0.151 e. The second kappa shape index (κ2) is 4.88. The van der Waals surface area contributed by atoms with Gasteiger partial charge in [-0.05, 0) is 6.07 Å². The summed E-state index contributed by atoms with van der Waals surface area (Å²) >= 11 is 5.71. The highest BCUT2D eigenvalue weighted by Crippen LogP contribution is 2.22. The second-order valence-corrected chi connectivity index (χ2v) is 6.31. The third kappa shape index (κ3) is 3.86. The molecule has 0 aliphatic heterocycles. The number of pyridine rings is 1. The van der Waals surface area contributed by atoms with Gasteiger partial charge >= 0.3 is 0 Å². The van der Waals surface area contributed by atoms with Crippen molar-refractivity contribution in [2.75, 3.05) is 36.2 Å². The zero-order valence-corrected chi connectivity index (χ0v) is 10.7. The van der Waals surface area contributed by atoms with Gasteiger partial charge in [-0.1, -0.05) is 11.6 Å². The van der Waals surface area contributed by atoms with Gasteiger partial charge in [-0.3, -0.25) is 0 Å². The fourth-order valence-electron chi connectivity index (χ4n) is 1.18. The Hall–Kier alpha value is -1.01. The highest BCUT2D eigenvalue weighted by Gasteiger charge is 2.10. The Morgan fingerprint density at radius 3 is 2.69 bits per heavy atom. The zero-order valence-electron chi connectivity index (χ0n) is 9.14. The van der Waals surface area contributed by atoms with Crippen LogP contribution in [0.15, 0.2) is 12.3 Å². The van der Waals surface area contributed by atoms with E-state index in [9.17, 15) is 8.42 Å². The van der Waals surface area contributed by atoms with Gasteiger partial charge in [0.25, 0.3) is 0 Å². The minimum atomic E-state index is -2.98. The van der Waals surface area contributed by atoms with Gasteiger partial charge in [0, 0.05) is 26.0 Å². The molecule has 16 heavy (non-hydrogen) atoms. The summed E-state index contributed by atoms with van der Waals surface area (Å²) in [4.78, 5) is 5.74. The van der Waals surface area contributed by atoms with E-state index in [4.69, 9.17) is 17.3 Å². The average Bonchev–Trinajstić information content (AvgIpc) is 2.13. The van der Waals surface area contributed by atoms with Crippen molar-refractivity contribution in [2.24, 2.45) is 0 Å². The van der Waals surface area contributed by atoms with E-state index >= 15 is 0 Å². The van der Waals surface area contributed by atoms with Crippen LogP contribution < -0.4 is 10.6 Å². The number of rotatable bonds is 4. The van der Waals surface area contributed by atoms with E-state index in [0.717, 1.165) is 0 Å². The molecule has 1 heterocycles. The van der Waals surface area contributed by atoms with Crippen LogP contribution in [0.1, 0.15) is 0 Å². The number of hydrogen-bond donors (Lipinski definition) is 1. The molecule has 0 saturated heterocycles. The first-order valence-corrected chi connectivity index (χ1v) is 7.03. The Bertz CT molecular complexity index is 476. The molecule has 0 aliphatic carbocycles. The van der Waals surface area contributed by atoms with Crippen LogP contribution in [0.2, 0.25) is 5.02 Å². The summed E-state index contributed by atoms with van der Waals surface area (Å²) in [6, 6.07) is 1.58. The largest absolute Gasteiger partial charge is 0.396 e. The number of aromatic nitrogens is 1. The lowest BCUT2D eigenvalue weighted by atomic mass is 10.3. The van der Waals surface area contributed by atoms with Gasteiger partial charge in [-0.15, -0.1) is 0 Å². The van der Waals surface area contributed by atoms with Crippen LogP contribution in [0, 0.1) is 0 Å². The summed E-state index contributed by atoms with van der Waals surface area (Å²) in [5, 5.41) is 0.456. The van der Waals surface area contributed by atoms with E-state index < -0.39 is 9.84 Å². The van der Waals surface area contributed by atoms with Crippen LogP contribution in [0.5, 0.6) is 0 Å². The van der Waals surface area contributed by atoms with Crippen molar-refractivity contribution in [3.63, 3.8) is 0 Å². The van der Waals surface area contributed by atoms with Gasteiger partial charge in [0.05, 0.1) is 16.5 Å². The Morgan fingerprint density at radius 2 is 2.19 bits per heavy atom. The second-order valence-electron chi connectivity index (χ2n) is 3.62. The van der Waals surface area contributed by atoms with Gasteiger partial charge < -0.3 is 10.6 Å². The maximum Gasteiger partial charge on any atom is 0.151 e. The highest BCUT2D eigenvalue weighted by atomic mass is 35.5. The minimum absolute atomic E-state index is 0.0627. The van der Waals surface area contributed by atoms with Gasteiger partial charge in [-0.25, -0.2) is 13.4 Å². The van der Waals surface area contributed by atoms with Crippen molar-refractivity contribution in [3.05, 3.63) is 17.3 Å². The summed E-state index contributed by atoms with van der Waals surface area (Å²) in [6.07, 6.45) is 2.67. The molecule has 0 bridgehead atoms. The standard InChI is InChI=1S/C9H14ClN3O2S/c1-13(3-4-16(2,14)15)9-8(11)5-7(10)6-12-9/h5-6H,3-4,11H2,1-2H3. The fourth-order valence-corrected chi connectivity index (χ4v) is 1.95. The lowest BCUT2D eigenvalue weighted by Crippen LogP contribution is -2.26. The minimum Gasteiger partial charge on any atom is -0.396 e. The van der Waals surface area contributed by atoms with Crippen LogP contribution in [0.3, 0.4) is 0 Å². The van der Waals surface area contributed by atoms with Crippen LogP contribution in [0.4, 0.5) is 11.5 Å². The molecule has 90 valence electrons. The predicted octanol–water partition coefficient (Wildman–Crippen LogP) is 0.798. The number of anilines is 2. The van der Waals surface area contributed by atoms with Crippen molar-refractivity contribution in [1.82, 2.24) is 4.98 Å². The highest BCUT2D eigenvalue weighted by molar-refractivity contribution is 7.90. The van der Waals surface area contributed by atoms with Gasteiger partial charge in [0.15, 0.2) is 5.82 Å². The summed E-state index contributed by atoms with van der Waals surface area (Å²) in [7, 11) is -1.25. The normalized spacial score (nSPS) is 11.4. The van der Waals surface area contributed by atoms with Crippen LogP contribution in [-0.2, 0) is 9.84 Å². The van der Waals surface area contributed by atoms with Gasteiger partial charge in [0.2, 0.25) is 0 Å². The monoisotopic (exact) mass is 263 g/mol. The third-order valence-corrected chi connectivity index (χ3v) is 3.15. The molecule has 0 aromatic carbocycles. The van der Waals surface area contributed by atoms with Crippen molar-refractivity contribution in [3.8, 4) is 0 Å². The van der Waals surface area contributed by atoms with E-state index in [0.29, 0.717) is 23.1 Å². The van der Waals surface area contributed by atoms with Crippen LogP contribution in [0.25, 0.3) is 0 Å². The van der Waals surface area contributed by atoms with E-state index in [1.165, 1.54) is 12.5 Å². The zero-order chi connectivity index (χ0) is 12.3. The SMILES string of the molecule is CN(CCS(C)(=O)=O)c1ncc(Cl)cc1N. The first-order valence-electron chi connectivity index (χ1n) is 4.59. The molecule has 0 unspecified atom stereocenters. The summed E-state index contributed by atoms with van der Waals surface area (Å²) in [5.41, 5.74) is 6.16. The molecular weight excluding hydrogens is 250 g/mol. The van der Waals surface area contributed by atoms with Crippen molar-refractivity contribution in [2.45, 2.75) is 0 Å². The molecule has 2 N–H and O–H groups in total. The average molecular weight is 264 g/mol. The van der Waals surface area contributed by atoms with E-state index in [2.05, 4.69) is 4.98 Å². The van der Waals surface area contributed by atoms with Crippen LogP contribution in [-0.4, -0.2) is 39.0 Å². The van der Waals surface area contributed by atoms with Crippen LogP contribution >= 0.6 is 11.6 Å². The molecule has 7 heteroatoms. The first kappa shape index (κ1) is 13.1. The Balaban J connectivity index is 2.77. The number of hydrogen-bond acceptors (Lipinski definition) is 5. The fraction of sp³-hybridized carbons (Fsp3) is 0.444. The van der Waals surface area contributed by atoms with Crippen molar-refractivity contribution >= 4 is 32.9 Å². The summed E-state index contributed by atoms with van der Waals surface area (Å²) < 4.78 is 22.0. The third-order valence-electron chi connectivity index (χ3n) is 2.02. The lowest BCUT2D eigenvalue weighted by molar-refractivity contribution is 0.601. The lowest BCUT2D eigenvalue weighted by Gasteiger charge is -2.19. The molecular formula is C9H14ClN3O2S. The Morgan fingerprint density at radius 1 is 1.56 bits per heavy atom. The predicted molar refractivity (Wildman–Crippen MR) is 66.6 cm³/mol. The molecule has 0 atom stereocenters. The molecule has 0 spiro atoms. The molecule has 1 rings (SSSR count). The Labute approximate surface area is 100 Å². The molecule has 1 aromatic heterocycles. The maximum absolute atomic E-state index is 11.0. The summed E-state index contributed by atoms with van der Waals surface area (Å²) in [5.74, 6) is 0.598. The molecule has 0 saturated carbocycles. The molecule has 5 nitrogen and oxygen atoms in total. The van der Waals surface area contributed by atoms with E-state index in [1.807, 2.05) is 0 Å². The number of nitrogen functional groups attached to an aromatic ring is 1. The van der Waals surface area contributed by atoms with Gasteiger partial charge in [-0.2, -0.15) is 0 Å². The maximum atomic E-state index is 11.0. The van der Waals surface area contributed by atoms with Crippen molar-refractivity contribution < 1.29 is 8.42 Å². The van der Waals surface area contributed by atoms with Gasteiger partial charge in [0.1, 0.15) is 9.84 Å². The molecule has 0 amide bonds. The first-order chi connectivity index (χ1) is 7.29. The number of halogens is 1. The number of sulfone groups is 1. The Kier molecular flexibility index (Phi) is 3.98. The van der Waals surface area contributed by atoms with E-state index in [-0.39, 0.29) is 5.75 Å². The summed E-state index contributed by atoms with van der Waals surface area (Å²) in [6.45, 7) is 0.345. The molecule has 0 aliphatic rings. The number of nitrogens with zero attached hydrogens (tertiary/aromatic N) is 2.